The van der Waals surface area contributed by atoms with Gasteiger partial charge in [-0.15, -0.1) is 11.8 Å². The second-order valence-electron chi connectivity index (χ2n) is 11.2. The maximum Gasteiger partial charge on any atom is 0.338 e. The van der Waals surface area contributed by atoms with Gasteiger partial charge in [0.05, 0.1) is 21.8 Å². The molecule has 0 bridgehead atoms. The van der Waals surface area contributed by atoms with Crippen molar-refractivity contribution < 1.29 is 38.5 Å². The van der Waals surface area contributed by atoms with Crippen LogP contribution in [-0.4, -0.2) is 60.7 Å². The molecule has 0 aromatic heterocycles. The highest BCUT2D eigenvalue weighted by Gasteiger charge is 2.64. The second-order valence-corrected chi connectivity index (χ2v) is 13.0. The molecule has 2 aliphatic heterocycles. The number of nitro groups is 2. The van der Waals surface area contributed by atoms with E-state index in [1.165, 1.54) is 77.3 Å². The fourth-order valence-electron chi connectivity index (χ4n) is 5.24. The Morgan fingerprint density at radius 2 is 1.43 bits per heavy atom. The molecule has 238 valence electrons. The van der Waals surface area contributed by atoms with Gasteiger partial charge in [0, 0.05) is 29.0 Å². The fraction of sp³-hybridized carbons (Fsp3) is 0.290. The summed E-state index contributed by atoms with van der Waals surface area (Å²) >= 11 is 1.37. The van der Waals surface area contributed by atoms with Gasteiger partial charge in [-0.3, -0.25) is 29.8 Å². The van der Waals surface area contributed by atoms with Crippen LogP contribution in [0.25, 0.3) is 0 Å². The zero-order valence-corrected chi connectivity index (χ0v) is 25.4. The number of hydrogen-bond donors (Lipinski definition) is 1. The molecule has 2 saturated heterocycles. The molecule has 46 heavy (non-hydrogen) atoms. The second kappa shape index (κ2) is 13.0. The van der Waals surface area contributed by atoms with E-state index in [-0.39, 0.29) is 36.6 Å². The highest BCUT2D eigenvalue weighted by atomic mass is 32.2. The van der Waals surface area contributed by atoms with E-state index < -0.39 is 55.8 Å². The summed E-state index contributed by atoms with van der Waals surface area (Å²) < 4.78 is 10.1. The van der Waals surface area contributed by atoms with Crippen molar-refractivity contribution in [2.24, 2.45) is 0 Å². The Hall–Kier alpha value is -5.31. The lowest BCUT2D eigenvalue weighted by atomic mass is 9.95. The third-order valence-corrected chi connectivity index (χ3v) is 9.13. The van der Waals surface area contributed by atoms with Gasteiger partial charge < -0.3 is 19.7 Å². The molecule has 0 spiro atoms. The maximum atomic E-state index is 13.1. The minimum Gasteiger partial charge on any atom is -0.459 e. The average molecular weight is 649 g/mol. The number of hydrogen-bond acceptors (Lipinski definition) is 11. The highest BCUT2D eigenvalue weighted by molar-refractivity contribution is 8.01. The maximum absolute atomic E-state index is 13.1. The first-order chi connectivity index (χ1) is 21.8. The number of nitrogens with one attached hydrogen (secondary N) is 1. The number of benzene rings is 3. The first-order valence-corrected chi connectivity index (χ1v) is 14.9. The van der Waals surface area contributed by atoms with Gasteiger partial charge in [0.25, 0.3) is 11.4 Å². The number of amides is 2. The Balaban J connectivity index is 1.14. The van der Waals surface area contributed by atoms with Crippen molar-refractivity contribution in [3.8, 4) is 0 Å². The quantitative estimate of drug-likeness (QED) is 0.138. The molecule has 0 aliphatic carbocycles. The van der Waals surface area contributed by atoms with Gasteiger partial charge in [-0.1, -0.05) is 12.1 Å². The number of nitro benzene ring substituents is 2. The molecule has 2 aliphatic rings. The SMILES string of the molecule is CC1(C)S[C@H]2[C@H](NC(=O)Cc3cccc(C(=O)OCc4ccc([N+](=O)[O-])cc4)c3)C(=O)N2C1C(=O)OCc1ccc([N+](=O)[O-])cc1. The topological polar surface area (TPSA) is 188 Å². The van der Waals surface area contributed by atoms with Crippen LogP contribution in [0.4, 0.5) is 11.4 Å². The number of esters is 2. The number of β-lactam (4-membered cyclic amide) rings is 1. The van der Waals surface area contributed by atoms with Crippen LogP contribution < -0.4 is 5.32 Å². The van der Waals surface area contributed by atoms with Crippen LogP contribution in [0.2, 0.25) is 0 Å². The lowest BCUT2D eigenvalue weighted by molar-refractivity contribution is -0.385. The van der Waals surface area contributed by atoms with E-state index in [2.05, 4.69) is 5.32 Å². The fourth-order valence-corrected chi connectivity index (χ4v) is 6.86. The Morgan fingerprint density at radius 3 is 2.00 bits per heavy atom. The van der Waals surface area contributed by atoms with Crippen molar-refractivity contribution in [3.63, 3.8) is 0 Å². The molecule has 1 unspecified atom stereocenters. The van der Waals surface area contributed by atoms with Crippen LogP contribution in [0.3, 0.4) is 0 Å². The van der Waals surface area contributed by atoms with Gasteiger partial charge in [-0.25, -0.2) is 9.59 Å². The summed E-state index contributed by atoms with van der Waals surface area (Å²) in [7, 11) is 0. The summed E-state index contributed by atoms with van der Waals surface area (Å²) in [5.74, 6) is -2.12. The van der Waals surface area contributed by atoms with E-state index in [1.807, 2.05) is 13.8 Å². The Kier molecular flexibility index (Phi) is 9.05. The first kappa shape index (κ1) is 32.1. The summed E-state index contributed by atoms with van der Waals surface area (Å²) in [5, 5.41) is 23.9. The van der Waals surface area contributed by atoms with Gasteiger partial charge in [0.1, 0.15) is 30.7 Å². The normalized spacial score (nSPS) is 19.4. The molecule has 3 atom stereocenters. The summed E-state index contributed by atoms with van der Waals surface area (Å²) in [6.07, 6.45) is -0.116. The van der Waals surface area contributed by atoms with Crippen molar-refractivity contribution in [2.45, 2.75) is 55.7 Å². The van der Waals surface area contributed by atoms with Gasteiger partial charge in [0.15, 0.2) is 0 Å². The van der Waals surface area contributed by atoms with Crippen LogP contribution in [0.15, 0.2) is 72.8 Å². The van der Waals surface area contributed by atoms with Crippen LogP contribution in [-0.2, 0) is 43.5 Å². The largest absolute Gasteiger partial charge is 0.459 e. The molecule has 0 saturated carbocycles. The van der Waals surface area contributed by atoms with Crippen molar-refractivity contribution in [1.82, 2.24) is 10.2 Å². The van der Waals surface area contributed by atoms with Crippen LogP contribution in [0.5, 0.6) is 0 Å². The standard InChI is InChI=1S/C31H28N4O10S/c1-31(2)26(30(39)45-17-19-8-12-23(13-9-19)35(42)43)33-27(37)25(28(33)46-31)32-24(36)15-20-4-3-5-21(14-20)29(38)44-16-18-6-10-22(11-7-18)34(40)41/h3-14,25-26,28H,15-17H2,1-2H3,(H,32,36)/t25-,26?,28+/m1/s1. The molecule has 15 heteroatoms. The lowest BCUT2D eigenvalue weighted by Crippen LogP contribution is -2.70. The van der Waals surface area contributed by atoms with E-state index in [0.29, 0.717) is 16.7 Å². The molecule has 3 aromatic rings. The van der Waals surface area contributed by atoms with E-state index in [1.54, 1.807) is 12.1 Å². The third-order valence-electron chi connectivity index (χ3n) is 7.55. The smallest absolute Gasteiger partial charge is 0.338 e. The molecule has 2 fully saturated rings. The summed E-state index contributed by atoms with van der Waals surface area (Å²) in [6, 6.07) is 15.8. The van der Waals surface area contributed by atoms with E-state index in [4.69, 9.17) is 9.47 Å². The number of fused-ring (bicyclic) bond motifs is 1. The third kappa shape index (κ3) is 6.83. The molecule has 0 radical (unpaired) electrons. The molecule has 5 rings (SSSR count). The number of thioether (sulfide) groups is 1. The number of non-ortho nitro benzene ring substituents is 2. The molecule has 2 amide bonds. The van der Waals surface area contributed by atoms with Crippen molar-refractivity contribution in [2.75, 3.05) is 0 Å². The monoisotopic (exact) mass is 648 g/mol. The average Bonchev–Trinajstić information content (AvgIpc) is 3.29. The molecule has 2 heterocycles. The zero-order chi connectivity index (χ0) is 33.2. The molecular weight excluding hydrogens is 620 g/mol. The van der Waals surface area contributed by atoms with Gasteiger partial charge >= 0.3 is 11.9 Å². The summed E-state index contributed by atoms with van der Waals surface area (Å²) in [5.41, 5.74) is 1.69. The van der Waals surface area contributed by atoms with Crippen molar-refractivity contribution >= 4 is 46.9 Å². The van der Waals surface area contributed by atoms with Crippen LogP contribution >= 0.6 is 11.8 Å². The van der Waals surface area contributed by atoms with E-state index >= 15 is 0 Å². The minimum atomic E-state index is -0.894. The number of carbonyl (C=O) groups is 4. The Labute approximate surface area is 266 Å². The Morgan fingerprint density at radius 1 is 0.870 bits per heavy atom. The summed E-state index contributed by atoms with van der Waals surface area (Å²) in [6.45, 7) is 3.41. The minimum absolute atomic E-state index is 0.0771. The van der Waals surface area contributed by atoms with E-state index in [0.717, 1.165) is 0 Å². The number of carbonyl (C=O) groups excluding carboxylic acids is 4. The van der Waals surface area contributed by atoms with Gasteiger partial charge in [0.2, 0.25) is 11.8 Å². The first-order valence-electron chi connectivity index (χ1n) is 14.0. The van der Waals surface area contributed by atoms with Gasteiger partial charge in [-0.05, 0) is 66.9 Å². The van der Waals surface area contributed by atoms with Crippen molar-refractivity contribution in [3.05, 3.63) is 115 Å². The Bertz CT molecular complexity index is 1710. The lowest BCUT2D eigenvalue weighted by Gasteiger charge is -2.44. The summed E-state index contributed by atoms with van der Waals surface area (Å²) in [4.78, 5) is 73.8. The van der Waals surface area contributed by atoms with Crippen LogP contribution in [0.1, 0.15) is 40.9 Å². The number of rotatable bonds is 11. The van der Waals surface area contributed by atoms with Crippen molar-refractivity contribution in [1.29, 1.82) is 0 Å². The van der Waals surface area contributed by atoms with E-state index in [9.17, 15) is 39.4 Å². The molecular formula is C31H28N4O10S. The number of ether oxygens (including phenoxy) is 2. The molecule has 1 N–H and O–H groups in total. The van der Waals surface area contributed by atoms with Crippen LogP contribution in [0, 0.1) is 20.2 Å². The molecule has 3 aromatic carbocycles. The molecule has 14 nitrogen and oxygen atoms in total. The predicted octanol–water partition coefficient (Wildman–Crippen LogP) is 3.69. The zero-order valence-electron chi connectivity index (χ0n) is 24.6. The predicted molar refractivity (Wildman–Crippen MR) is 163 cm³/mol. The highest BCUT2D eigenvalue weighted by Crippen LogP contribution is 2.51. The number of nitrogens with zero attached hydrogens (tertiary/aromatic N) is 3. The van der Waals surface area contributed by atoms with Gasteiger partial charge in [-0.2, -0.15) is 0 Å².